The van der Waals surface area contributed by atoms with Crippen molar-refractivity contribution in [3.8, 4) is 0 Å². The maximum atomic E-state index is 11.0. The average molecular weight is 294 g/mol. The Morgan fingerprint density at radius 3 is 3.15 bits per heavy atom. The maximum absolute atomic E-state index is 11.0. The molecule has 0 aliphatic rings. The van der Waals surface area contributed by atoms with Gasteiger partial charge in [0.05, 0.1) is 19.2 Å². The zero-order valence-electron chi connectivity index (χ0n) is 11.4. The van der Waals surface area contributed by atoms with Gasteiger partial charge in [-0.05, 0) is 6.42 Å². The largest absolute Gasteiger partial charge is 0.469 e. The molecule has 0 amide bonds. The van der Waals surface area contributed by atoms with E-state index in [-0.39, 0.29) is 5.97 Å². The van der Waals surface area contributed by atoms with Gasteiger partial charge in [-0.25, -0.2) is 9.97 Å². The van der Waals surface area contributed by atoms with E-state index in [0.29, 0.717) is 12.8 Å². The summed E-state index contributed by atoms with van der Waals surface area (Å²) < 4.78 is 4.61. The average Bonchev–Trinajstić information content (AvgIpc) is 3.12. The molecule has 2 aromatic rings. The van der Waals surface area contributed by atoms with Crippen molar-refractivity contribution in [3.05, 3.63) is 29.3 Å². The highest BCUT2D eigenvalue weighted by atomic mass is 32.1. The van der Waals surface area contributed by atoms with Gasteiger partial charge in [0, 0.05) is 37.2 Å². The Bertz CT molecular complexity index is 524. The summed E-state index contributed by atoms with van der Waals surface area (Å²) in [5, 5.41) is 6.14. The van der Waals surface area contributed by atoms with Crippen LogP contribution in [0.1, 0.15) is 24.4 Å². The molecule has 7 heteroatoms. The molecule has 0 bridgehead atoms. The van der Waals surface area contributed by atoms with Gasteiger partial charge in [0.25, 0.3) is 0 Å². The van der Waals surface area contributed by atoms with Gasteiger partial charge in [0.15, 0.2) is 5.13 Å². The van der Waals surface area contributed by atoms with E-state index in [4.69, 9.17) is 0 Å². The summed E-state index contributed by atoms with van der Waals surface area (Å²) in [4.78, 5) is 22.7. The lowest BCUT2D eigenvalue weighted by Crippen LogP contribution is -2.04. The Kier molecular flexibility index (Phi) is 5.55. The van der Waals surface area contributed by atoms with Crippen LogP contribution in [0.2, 0.25) is 0 Å². The SMILES string of the molecule is COC(=O)CCc1csc(NCCCc2ncc[nH]2)n1. The summed E-state index contributed by atoms with van der Waals surface area (Å²) >= 11 is 1.56. The molecule has 2 rings (SSSR count). The van der Waals surface area contributed by atoms with Gasteiger partial charge in [-0.3, -0.25) is 4.79 Å². The van der Waals surface area contributed by atoms with Gasteiger partial charge in [-0.15, -0.1) is 11.3 Å². The van der Waals surface area contributed by atoms with Gasteiger partial charge < -0.3 is 15.0 Å². The Morgan fingerprint density at radius 1 is 1.50 bits per heavy atom. The number of methoxy groups -OCH3 is 1. The number of thiazole rings is 1. The van der Waals surface area contributed by atoms with Crippen molar-refractivity contribution in [2.45, 2.75) is 25.7 Å². The van der Waals surface area contributed by atoms with Crippen LogP contribution in [-0.4, -0.2) is 34.6 Å². The molecule has 0 aliphatic carbocycles. The van der Waals surface area contributed by atoms with Crippen LogP contribution in [0.5, 0.6) is 0 Å². The Hall–Kier alpha value is -1.89. The molecular formula is C13H18N4O2S. The first kappa shape index (κ1) is 14.5. The molecule has 6 nitrogen and oxygen atoms in total. The minimum Gasteiger partial charge on any atom is -0.469 e. The molecule has 0 saturated carbocycles. The highest BCUT2D eigenvalue weighted by Gasteiger charge is 2.05. The number of hydrogen-bond donors (Lipinski definition) is 2. The third-order valence-electron chi connectivity index (χ3n) is 2.79. The van der Waals surface area contributed by atoms with Gasteiger partial charge in [-0.2, -0.15) is 0 Å². The molecule has 0 saturated heterocycles. The van der Waals surface area contributed by atoms with Crippen LogP contribution in [0, 0.1) is 0 Å². The summed E-state index contributed by atoms with van der Waals surface area (Å²) in [5.41, 5.74) is 0.925. The molecular weight excluding hydrogens is 276 g/mol. The smallest absolute Gasteiger partial charge is 0.305 e. The van der Waals surface area contributed by atoms with Crippen LogP contribution in [0.15, 0.2) is 17.8 Å². The second kappa shape index (κ2) is 7.64. The van der Waals surface area contributed by atoms with Crippen molar-refractivity contribution in [3.63, 3.8) is 0 Å². The number of esters is 1. The molecule has 108 valence electrons. The molecule has 0 aromatic carbocycles. The molecule has 2 aromatic heterocycles. The Morgan fingerprint density at radius 2 is 2.40 bits per heavy atom. The number of anilines is 1. The van der Waals surface area contributed by atoms with Crippen molar-refractivity contribution in [1.29, 1.82) is 0 Å². The molecule has 0 unspecified atom stereocenters. The fourth-order valence-electron chi connectivity index (χ4n) is 1.72. The van der Waals surface area contributed by atoms with E-state index >= 15 is 0 Å². The topological polar surface area (TPSA) is 79.9 Å². The van der Waals surface area contributed by atoms with E-state index in [0.717, 1.165) is 36.0 Å². The predicted molar refractivity (Wildman–Crippen MR) is 77.8 cm³/mol. The van der Waals surface area contributed by atoms with Gasteiger partial charge >= 0.3 is 5.97 Å². The molecule has 0 spiro atoms. The minimum atomic E-state index is -0.203. The molecule has 2 heterocycles. The quantitative estimate of drug-likeness (QED) is 0.575. The Balaban J connectivity index is 1.66. The Labute approximate surface area is 121 Å². The van der Waals surface area contributed by atoms with E-state index in [2.05, 4.69) is 25.0 Å². The zero-order valence-corrected chi connectivity index (χ0v) is 12.2. The van der Waals surface area contributed by atoms with Crippen LogP contribution < -0.4 is 5.32 Å². The normalized spacial score (nSPS) is 10.4. The first-order chi connectivity index (χ1) is 9.78. The van der Waals surface area contributed by atoms with Crippen LogP contribution >= 0.6 is 11.3 Å². The predicted octanol–water partition coefficient (Wildman–Crippen LogP) is 2.02. The molecule has 20 heavy (non-hydrogen) atoms. The first-order valence-electron chi connectivity index (χ1n) is 6.51. The zero-order chi connectivity index (χ0) is 14.2. The number of nitrogens with zero attached hydrogens (tertiary/aromatic N) is 2. The van der Waals surface area contributed by atoms with Gasteiger partial charge in [0.2, 0.25) is 0 Å². The van der Waals surface area contributed by atoms with Crippen LogP contribution in [-0.2, 0) is 22.4 Å². The van der Waals surface area contributed by atoms with Crippen molar-refractivity contribution in [2.24, 2.45) is 0 Å². The number of imidazole rings is 1. The van der Waals surface area contributed by atoms with Crippen molar-refractivity contribution in [1.82, 2.24) is 15.0 Å². The van der Waals surface area contributed by atoms with E-state index in [1.165, 1.54) is 7.11 Å². The van der Waals surface area contributed by atoms with E-state index < -0.39 is 0 Å². The standard InChI is InChI=1S/C13H18N4O2S/c1-19-12(18)5-4-10-9-20-13(17-10)16-6-2-3-11-14-7-8-15-11/h7-9H,2-6H2,1H3,(H,14,15)(H,16,17). The number of carbonyl (C=O) groups is 1. The molecule has 0 fully saturated rings. The maximum Gasteiger partial charge on any atom is 0.305 e. The lowest BCUT2D eigenvalue weighted by Gasteiger charge is -2.01. The second-order valence-electron chi connectivity index (χ2n) is 4.29. The number of rotatable bonds is 8. The van der Waals surface area contributed by atoms with E-state index in [1.54, 1.807) is 17.5 Å². The lowest BCUT2D eigenvalue weighted by molar-refractivity contribution is -0.140. The molecule has 0 radical (unpaired) electrons. The number of carbonyl (C=O) groups excluding carboxylic acids is 1. The third-order valence-corrected chi connectivity index (χ3v) is 3.63. The summed E-state index contributed by atoms with van der Waals surface area (Å²) in [6.07, 6.45) is 6.49. The van der Waals surface area contributed by atoms with Crippen molar-refractivity contribution < 1.29 is 9.53 Å². The summed E-state index contributed by atoms with van der Waals surface area (Å²) in [7, 11) is 1.40. The van der Waals surface area contributed by atoms with Crippen molar-refractivity contribution >= 4 is 22.4 Å². The fourth-order valence-corrected chi connectivity index (χ4v) is 2.49. The third kappa shape index (κ3) is 4.65. The molecule has 2 N–H and O–H groups in total. The number of hydrogen-bond acceptors (Lipinski definition) is 6. The number of nitrogens with one attached hydrogen (secondary N) is 2. The summed E-state index contributed by atoms with van der Waals surface area (Å²) in [6, 6.07) is 0. The van der Waals surface area contributed by atoms with Crippen molar-refractivity contribution in [2.75, 3.05) is 19.0 Å². The minimum absolute atomic E-state index is 0.203. The highest BCUT2D eigenvalue weighted by molar-refractivity contribution is 7.13. The monoisotopic (exact) mass is 294 g/mol. The summed E-state index contributed by atoms with van der Waals surface area (Å²) in [6.45, 7) is 0.852. The van der Waals surface area contributed by atoms with Crippen LogP contribution in [0.25, 0.3) is 0 Å². The van der Waals surface area contributed by atoms with E-state index in [1.807, 2.05) is 11.6 Å². The molecule has 0 atom stereocenters. The number of aromatic nitrogens is 3. The van der Waals surface area contributed by atoms with Gasteiger partial charge in [-0.1, -0.05) is 0 Å². The summed E-state index contributed by atoms with van der Waals surface area (Å²) in [5.74, 6) is 0.802. The fraction of sp³-hybridized carbons (Fsp3) is 0.462. The van der Waals surface area contributed by atoms with Crippen LogP contribution in [0.3, 0.4) is 0 Å². The van der Waals surface area contributed by atoms with Crippen LogP contribution in [0.4, 0.5) is 5.13 Å². The first-order valence-corrected chi connectivity index (χ1v) is 7.39. The number of aryl methyl sites for hydroxylation is 2. The second-order valence-corrected chi connectivity index (χ2v) is 5.14. The lowest BCUT2D eigenvalue weighted by atomic mass is 10.2. The number of ether oxygens (including phenoxy) is 1. The van der Waals surface area contributed by atoms with Gasteiger partial charge in [0.1, 0.15) is 5.82 Å². The number of H-pyrrole nitrogens is 1. The molecule has 0 aliphatic heterocycles. The number of aromatic amines is 1. The highest BCUT2D eigenvalue weighted by Crippen LogP contribution is 2.16. The van der Waals surface area contributed by atoms with E-state index in [9.17, 15) is 4.79 Å².